The van der Waals surface area contributed by atoms with Crippen molar-refractivity contribution < 1.29 is 4.79 Å². The third-order valence-electron chi connectivity index (χ3n) is 4.44. The normalized spacial score (nSPS) is 17.5. The van der Waals surface area contributed by atoms with Gasteiger partial charge in [0.05, 0.1) is 11.7 Å². The zero-order valence-corrected chi connectivity index (χ0v) is 13.6. The number of nitrogens with zero attached hydrogens (tertiary/aromatic N) is 4. The first kappa shape index (κ1) is 15.4. The van der Waals surface area contributed by atoms with Gasteiger partial charge < -0.3 is 9.47 Å². The second kappa shape index (κ2) is 5.95. The maximum Gasteiger partial charge on any atom is 0.263 e. The van der Waals surface area contributed by atoms with Crippen molar-refractivity contribution in [2.45, 2.75) is 32.7 Å². The molecule has 3 heterocycles. The third-order valence-corrected chi connectivity index (χ3v) is 4.44. The van der Waals surface area contributed by atoms with Crippen molar-refractivity contribution in [1.29, 1.82) is 0 Å². The van der Waals surface area contributed by atoms with Crippen LogP contribution in [-0.2, 0) is 7.05 Å². The van der Waals surface area contributed by atoms with E-state index in [1.54, 1.807) is 30.3 Å². The zero-order chi connectivity index (χ0) is 16.6. The van der Waals surface area contributed by atoms with Crippen molar-refractivity contribution in [3.8, 4) is 0 Å². The molecule has 1 fully saturated rings. The molecular formula is C17H20N4O2. The SMILES string of the molecule is Cc1nccc([C@H]2CCCN2C(=O)c2ccc(C)n(C)c2=O)n1. The fourth-order valence-electron chi connectivity index (χ4n) is 3.02. The van der Waals surface area contributed by atoms with Crippen LogP contribution in [0.1, 0.15) is 46.5 Å². The molecule has 0 radical (unpaired) electrons. The van der Waals surface area contributed by atoms with E-state index in [9.17, 15) is 9.59 Å². The molecule has 1 atom stereocenters. The number of hydrogen-bond acceptors (Lipinski definition) is 4. The molecule has 0 aliphatic carbocycles. The highest BCUT2D eigenvalue weighted by Crippen LogP contribution is 2.31. The highest BCUT2D eigenvalue weighted by atomic mass is 16.2. The van der Waals surface area contributed by atoms with E-state index in [0.29, 0.717) is 12.4 Å². The Balaban J connectivity index is 1.96. The molecule has 2 aromatic heterocycles. The Morgan fingerprint density at radius 3 is 2.78 bits per heavy atom. The predicted octanol–water partition coefficient (Wildman–Crippen LogP) is 1.77. The molecule has 0 spiro atoms. The summed E-state index contributed by atoms with van der Waals surface area (Å²) in [4.78, 5) is 35.6. The Bertz CT molecular complexity index is 812. The lowest BCUT2D eigenvalue weighted by Crippen LogP contribution is -2.36. The van der Waals surface area contributed by atoms with E-state index >= 15 is 0 Å². The van der Waals surface area contributed by atoms with Gasteiger partial charge in [-0.1, -0.05) is 0 Å². The van der Waals surface area contributed by atoms with Crippen LogP contribution < -0.4 is 5.56 Å². The molecule has 0 saturated carbocycles. The van der Waals surface area contributed by atoms with E-state index < -0.39 is 0 Å². The van der Waals surface area contributed by atoms with Crippen LogP contribution in [0, 0.1) is 13.8 Å². The number of rotatable bonds is 2. The second-order valence-corrected chi connectivity index (χ2v) is 5.94. The van der Waals surface area contributed by atoms with Crippen LogP contribution in [0.2, 0.25) is 0 Å². The highest BCUT2D eigenvalue weighted by Gasteiger charge is 2.32. The van der Waals surface area contributed by atoms with Gasteiger partial charge in [0.2, 0.25) is 0 Å². The van der Waals surface area contributed by atoms with Crippen molar-refractivity contribution in [3.63, 3.8) is 0 Å². The van der Waals surface area contributed by atoms with Crippen LogP contribution in [0.25, 0.3) is 0 Å². The van der Waals surface area contributed by atoms with Crippen molar-refractivity contribution in [2.24, 2.45) is 7.05 Å². The molecular weight excluding hydrogens is 292 g/mol. The van der Waals surface area contributed by atoms with Gasteiger partial charge in [-0.3, -0.25) is 9.59 Å². The zero-order valence-electron chi connectivity index (χ0n) is 13.6. The number of pyridine rings is 1. The average Bonchev–Trinajstić information content (AvgIpc) is 3.02. The van der Waals surface area contributed by atoms with E-state index in [2.05, 4.69) is 9.97 Å². The van der Waals surface area contributed by atoms with Crippen LogP contribution in [0.4, 0.5) is 0 Å². The lowest BCUT2D eigenvalue weighted by molar-refractivity contribution is 0.0730. The maximum absolute atomic E-state index is 12.9. The summed E-state index contributed by atoms with van der Waals surface area (Å²) in [5.41, 5.74) is 1.64. The molecule has 0 bridgehead atoms. The minimum absolute atomic E-state index is 0.0878. The minimum atomic E-state index is -0.250. The molecule has 0 unspecified atom stereocenters. The molecule has 2 aromatic rings. The fraction of sp³-hybridized carbons (Fsp3) is 0.412. The smallest absolute Gasteiger partial charge is 0.263 e. The number of likely N-dealkylation sites (tertiary alicyclic amines) is 1. The standard InChI is InChI=1S/C17H20N4O2/c1-11-6-7-13(16(22)20(11)3)17(23)21-10-4-5-15(21)14-8-9-18-12(2)19-14/h6-9,15H,4-5,10H2,1-3H3/t15-/m1/s1. The largest absolute Gasteiger partial charge is 0.330 e. The Hall–Kier alpha value is -2.50. The van der Waals surface area contributed by atoms with Gasteiger partial charge in [-0.2, -0.15) is 0 Å². The van der Waals surface area contributed by atoms with Gasteiger partial charge in [-0.25, -0.2) is 9.97 Å². The van der Waals surface area contributed by atoms with Crippen molar-refractivity contribution in [2.75, 3.05) is 6.54 Å². The van der Waals surface area contributed by atoms with Crippen molar-refractivity contribution >= 4 is 5.91 Å². The number of aryl methyl sites for hydroxylation is 2. The molecule has 0 aromatic carbocycles. The second-order valence-electron chi connectivity index (χ2n) is 5.94. The summed E-state index contributed by atoms with van der Waals surface area (Å²) in [7, 11) is 1.68. The molecule has 6 heteroatoms. The quantitative estimate of drug-likeness (QED) is 0.847. The average molecular weight is 312 g/mol. The summed E-state index contributed by atoms with van der Waals surface area (Å²) >= 11 is 0. The maximum atomic E-state index is 12.9. The van der Waals surface area contributed by atoms with Crippen LogP contribution in [-0.4, -0.2) is 31.9 Å². The Labute approximate surface area is 134 Å². The summed E-state index contributed by atoms with van der Waals surface area (Å²) in [5.74, 6) is 0.470. The monoisotopic (exact) mass is 312 g/mol. The van der Waals surface area contributed by atoms with Crippen molar-refractivity contribution in [1.82, 2.24) is 19.4 Å². The van der Waals surface area contributed by atoms with Gasteiger partial charge in [0.1, 0.15) is 11.4 Å². The number of carbonyl (C=O) groups excluding carboxylic acids is 1. The summed E-state index contributed by atoms with van der Waals surface area (Å²) in [6.45, 7) is 4.32. The first-order valence-corrected chi connectivity index (χ1v) is 7.76. The van der Waals surface area contributed by atoms with Crippen LogP contribution >= 0.6 is 0 Å². The Kier molecular flexibility index (Phi) is 3.98. The number of carbonyl (C=O) groups is 1. The van der Waals surface area contributed by atoms with E-state index in [4.69, 9.17) is 0 Å². The fourth-order valence-corrected chi connectivity index (χ4v) is 3.02. The first-order valence-electron chi connectivity index (χ1n) is 7.76. The summed E-state index contributed by atoms with van der Waals surface area (Å²) in [6, 6.07) is 5.18. The number of hydrogen-bond donors (Lipinski definition) is 0. The molecule has 23 heavy (non-hydrogen) atoms. The highest BCUT2D eigenvalue weighted by molar-refractivity contribution is 5.94. The first-order chi connectivity index (χ1) is 11.0. The molecule has 1 aliphatic rings. The Morgan fingerprint density at radius 1 is 1.26 bits per heavy atom. The van der Waals surface area contributed by atoms with Crippen molar-refractivity contribution in [3.05, 3.63) is 57.5 Å². The van der Waals surface area contributed by atoms with Gasteiger partial charge in [0, 0.05) is 25.5 Å². The van der Waals surface area contributed by atoms with E-state index in [1.165, 1.54) is 4.57 Å². The van der Waals surface area contributed by atoms with Gasteiger partial charge in [-0.05, 0) is 44.9 Å². The molecule has 1 amide bonds. The summed E-state index contributed by atoms with van der Waals surface area (Å²) in [6.07, 6.45) is 3.48. The summed E-state index contributed by atoms with van der Waals surface area (Å²) in [5, 5.41) is 0. The van der Waals surface area contributed by atoms with E-state index in [0.717, 1.165) is 24.2 Å². The molecule has 6 nitrogen and oxygen atoms in total. The molecule has 120 valence electrons. The van der Waals surface area contributed by atoms with Crippen LogP contribution in [0.3, 0.4) is 0 Å². The third kappa shape index (κ3) is 2.76. The van der Waals surface area contributed by atoms with Gasteiger partial charge in [0.25, 0.3) is 11.5 Å². The van der Waals surface area contributed by atoms with Crippen LogP contribution in [0.15, 0.2) is 29.2 Å². The van der Waals surface area contributed by atoms with E-state index in [1.807, 2.05) is 19.9 Å². The predicted molar refractivity (Wildman–Crippen MR) is 86.2 cm³/mol. The molecule has 1 aliphatic heterocycles. The number of amides is 1. The summed E-state index contributed by atoms with van der Waals surface area (Å²) < 4.78 is 1.51. The molecule has 0 N–H and O–H groups in total. The lowest BCUT2D eigenvalue weighted by Gasteiger charge is -2.24. The van der Waals surface area contributed by atoms with Gasteiger partial charge in [-0.15, -0.1) is 0 Å². The van der Waals surface area contributed by atoms with Crippen LogP contribution in [0.5, 0.6) is 0 Å². The lowest BCUT2D eigenvalue weighted by atomic mass is 10.1. The number of aromatic nitrogens is 3. The minimum Gasteiger partial charge on any atom is -0.330 e. The van der Waals surface area contributed by atoms with Gasteiger partial charge >= 0.3 is 0 Å². The topological polar surface area (TPSA) is 68.1 Å². The van der Waals surface area contributed by atoms with E-state index in [-0.39, 0.29) is 23.1 Å². The Morgan fingerprint density at radius 2 is 2.04 bits per heavy atom. The molecule has 3 rings (SSSR count). The molecule has 1 saturated heterocycles. The van der Waals surface area contributed by atoms with Gasteiger partial charge in [0.15, 0.2) is 0 Å².